The second-order valence-corrected chi connectivity index (χ2v) is 4.23. The van der Waals surface area contributed by atoms with E-state index < -0.39 is 11.6 Å². The Bertz CT molecular complexity index is 156. The van der Waals surface area contributed by atoms with Crippen molar-refractivity contribution >= 4 is 5.97 Å². The number of hydrogen-bond acceptors (Lipinski definition) is 3. The first-order valence-electron chi connectivity index (χ1n) is 4.73. The van der Waals surface area contributed by atoms with Crippen LogP contribution in [0.3, 0.4) is 0 Å². The van der Waals surface area contributed by atoms with E-state index in [4.69, 9.17) is 4.74 Å². The Hall–Kier alpha value is -0.570. The first-order chi connectivity index (χ1) is 5.84. The zero-order valence-corrected chi connectivity index (χ0v) is 8.96. The molecule has 1 N–H and O–H groups in total. The lowest BCUT2D eigenvalue weighted by Crippen LogP contribution is -2.33. The minimum absolute atomic E-state index is 0.404. The zero-order valence-electron chi connectivity index (χ0n) is 8.96. The molecule has 0 aromatic carbocycles. The maximum atomic E-state index is 11.0. The quantitative estimate of drug-likeness (QED) is 0.528. The van der Waals surface area contributed by atoms with E-state index in [-0.39, 0.29) is 0 Å². The first-order valence-corrected chi connectivity index (χ1v) is 4.73. The Morgan fingerprint density at radius 2 is 2.00 bits per heavy atom. The van der Waals surface area contributed by atoms with Gasteiger partial charge in [0.1, 0.15) is 0 Å². The largest absolute Gasteiger partial charge is 0.464 e. The minimum atomic E-state index is -1.36. The third kappa shape index (κ3) is 6.58. The highest BCUT2D eigenvalue weighted by Gasteiger charge is 2.25. The summed E-state index contributed by atoms with van der Waals surface area (Å²) in [6.45, 7) is 7.51. The molecular weight excluding hydrogens is 168 g/mol. The van der Waals surface area contributed by atoms with Gasteiger partial charge in [-0.2, -0.15) is 0 Å². The molecule has 13 heavy (non-hydrogen) atoms. The van der Waals surface area contributed by atoms with Crippen molar-refractivity contribution in [3.05, 3.63) is 0 Å². The van der Waals surface area contributed by atoms with Crippen LogP contribution in [0.4, 0.5) is 0 Å². The summed E-state index contributed by atoms with van der Waals surface area (Å²) in [5.41, 5.74) is -1.36. The van der Waals surface area contributed by atoms with Crippen molar-refractivity contribution in [3.8, 4) is 0 Å². The monoisotopic (exact) mass is 188 g/mol. The summed E-state index contributed by atoms with van der Waals surface area (Å²) in [5.74, 6) is 0.0806. The fourth-order valence-corrected chi connectivity index (χ4v) is 0.833. The van der Waals surface area contributed by atoms with Gasteiger partial charge in [-0.1, -0.05) is 13.8 Å². The standard InChI is InChI=1S/C10H20O3/c1-8(2)6-5-7-13-9(11)10(3,4)12/h8,12H,5-7H2,1-4H3. The van der Waals surface area contributed by atoms with Crippen LogP contribution in [0.25, 0.3) is 0 Å². The molecule has 0 aromatic heterocycles. The number of esters is 1. The number of carbonyl (C=O) groups is 1. The molecular formula is C10H20O3. The third-order valence-corrected chi connectivity index (χ3v) is 1.66. The number of ether oxygens (including phenoxy) is 1. The van der Waals surface area contributed by atoms with Crippen LogP contribution >= 0.6 is 0 Å². The van der Waals surface area contributed by atoms with Crippen LogP contribution in [0, 0.1) is 5.92 Å². The van der Waals surface area contributed by atoms with Gasteiger partial charge in [0, 0.05) is 0 Å². The summed E-state index contributed by atoms with van der Waals surface area (Å²) in [5, 5.41) is 9.22. The smallest absolute Gasteiger partial charge is 0.337 e. The average Bonchev–Trinajstić information content (AvgIpc) is 1.95. The summed E-state index contributed by atoms with van der Waals surface area (Å²) in [7, 11) is 0. The predicted molar refractivity (Wildman–Crippen MR) is 51.3 cm³/mol. The molecule has 0 aromatic rings. The molecule has 0 saturated carbocycles. The van der Waals surface area contributed by atoms with Crippen molar-refractivity contribution in [1.29, 1.82) is 0 Å². The number of hydrogen-bond donors (Lipinski definition) is 1. The normalized spacial score (nSPS) is 11.8. The van der Waals surface area contributed by atoms with Crippen molar-refractivity contribution < 1.29 is 14.6 Å². The maximum absolute atomic E-state index is 11.0. The Kier molecular flexibility index (Phi) is 4.99. The summed E-state index contributed by atoms with van der Waals surface area (Å²) in [6, 6.07) is 0. The molecule has 0 atom stereocenters. The van der Waals surface area contributed by atoms with E-state index in [2.05, 4.69) is 13.8 Å². The summed E-state index contributed by atoms with van der Waals surface area (Å²) in [4.78, 5) is 11.0. The average molecular weight is 188 g/mol. The van der Waals surface area contributed by atoms with Crippen LogP contribution in [-0.2, 0) is 9.53 Å². The fourth-order valence-electron chi connectivity index (χ4n) is 0.833. The molecule has 0 radical (unpaired) electrons. The van der Waals surface area contributed by atoms with Crippen molar-refractivity contribution in [1.82, 2.24) is 0 Å². The molecule has 3 nitrogen and oxygen atoms in total. The Balaban J connectivity index is 3.49. The molecule has 0 aliphatic rings. The highest BCUT2D eigenvalue weighted by atomic mass is 16.5. The van der Waals surface area contributed by atoms with Gasteiger partial charge in [-0.05, 0) is 32.6 Å². The molecule has 3 heteroatoms. The molecule has 0 aliphatic carbocycles. The van der Waals surface area contributed by atoms with E-state index in [1.807, 2.05) is 0 Å². The van der Waals surface area contributed by atoms with E-state index in [0.717, 1.165) is 12.8 Å². The Labute approximate surface area is 80.1 Å². The number of aliphatic hydroxyl groups is 1. The molecule has 0 bridgehead atoms. The van der Waals surface area contributed by atoms with Crippen molar-refractivity contribution in [2.45, 2.75) is 46.1 Å². The van der Waals surface area contributed by atoms with Crippen LogP contribution in [0.1, 0.15) is 40.5 Å². The number of rotatable bonds is 5. The minimum Gasteiger partial charge on any atom is -0.464 e. The molecule has 0 aliphatic heterocycles. The molecule has 78 valence electrons. The lowest BCUT2D eigenvalue weighted by Gasteiger charge is -2.15. The second kappa shape index (κ2) is 5.22. The highest BCUT2D eigenvalue weighted by molar-refractivity contribution is 5.78. The molecule has 0 rings (SSSR count). The van der Waals surface area contributed by atoms with E-state index in [1.165, 1.54) is 13.8 Å². The van der Waals surface area contributed by atoms with Crippen LogP contribution in [0.2, 0.25) is 0 Å². The van der Waals surface area contributed by atoms with Gasteiger partial charge in [-0.15, -0.1) is 0 Å². The van der Waals surface area contributed by atoms with E-state index in [0.29, 0.717) is 12.5 Å². The lowest BCUT2D eigenvalue weighted by atomic mass is 10.1. The van der Waals surface area contributed by atoms with Gasteiger partial charge in [0.25, 0.3) is 0 Å². The van der Waals surface area contributed by atoms with Crippen molar-refractivity contribution in [2.24, 2.45) is 5.92 Å². The third-order valence-electron chi connectivity index (χ3n) is 1.66. The molecule has 0 amide bonds. The van der Waals surface area contributed by atoms with Crippen LogP contribution in [-0.4, -0.2) is 23.3 Å². The summed E-state index contributed by atoms with van der Waals surface area (Å²) in [6.07, 6.45) is 1.90. The van der Waals surface area contributed by atoms with Crippen LogP contribution in [0.15, 0.2) is 0 Å². The van der Waals surface area contributed by atoms with E-state index >= 15 is 0 Å². The van der Waals surface area contributed by atoms with Crippen molar-refractivity contribution in [2.75, 3.05) is 6.61 Å². The Morgan fingerprint density at radius 1 is 1.46 bits per heavy atom. The van der Waals surface area contributed by atoms with Crippen molar-refractivity contribution in [3.63, 3.8) is 0 Å². The zero-order chi connectivity index (χ0) is 10.5. The van der Waals surface area contributed by atoms with Gasteiger partial charge in [0.05, 0.1) is 6.61 Å². The molecule has 0 heterocycles. The molecule has 0 saturated heterocycles. The van der Waals surface area contributed by atoms with Gasteiger partial charge >= 0.3 is 5.97 Å². The summed E-state index contributed by atoms with van der Waals surface area (Å²) >= 11 is 0. The fraction of sp³-hybridized carbons (Fsp3) is 0.900. The topological polar surface area (TPSA) is 46.5 Å². The van der Waals surface area contributed by atoms with Gasteiger partial charge in [-0.25, -0.2) is 4.79 Å². The molecule has 0 spiro atoms. The SMILES string of the molecule is CC(C)CCCOC(=O)C(C)(C)O. The molecule has 0 fully saturated rings. The Morgan fingerprint density at radius 3 is 2.38 bits per heavy atom. The van der Waals surface area contributed by atoms with Crippen LogP contribution in [0.5, 0.6) is 0 Å². The lowest BCUT2D eigenvalue weighted by molar-refractivity contribution is -0.161. The van der Waals surface area contributed by atoms with Gasteiger partial charge in [0.15, 0.2) is 5.60 Å². The van der Waals surface area contributed by atoms with Gasteiger partial charge in [-0.3, -0.25) is 0 Å². The van der Waals surface area contributed by atoms with Gasteiger partial charge in [0.2, 0.25) is 0 Å². The molecule has 0 unspecified atom stereocenters. The maximum Gasteiger partial charge on any atom is 0.337 e. The summed E-state index contributed by atoms with van der Waals surface area (Å²) < 4.78 is 4.87. The number of carbonyl (C=O) groups excluding carboxylic acids is 1. The van der Waals surface area contributed by atoms with E-state index in [1.54, 1.807) is 0 Å². The first kappa shape index (κ1) is 12.4. The van der Waals surface area contributed by atoms with Gasteiger partial charge < -0.3 is 9.84 Å². The van der Waals surface area contributed by atoms with E-state index in [9.17, 15) is 9.90 Å². The van der Waals surface area contributed by atoms with Crippen LogP contribution < -0.4 is 0 Å². The predicted octanol–water partition coefficient (Wildman–Crippen LogP) is 1.74. The highest BCUT2D eigenvalue weighted by Crippen LogP contribution is 2.07. The second-order valence-electron chi connectivity index (χ2n) is 4.23.